The van der Waals surface area contributed by atoms with Crippen molar-refractivity contribution in [1.29, 1.82) is 0 Å². The fourth-order valence-corrected chi connectivity index (χ4v) is 2.61. The molecule has 1 heterocycles. The first-order valence-corrected chi connectivity index (χ1v) is 6.74. The van der Waals surface area contributed by atoms with Gasteiger partial charge in [-0.1, -0.05) is 23.2 Å². The van der Waals surface area contributed by atoms with E-state index in [0.717, 1.165) is 25.9 Å². The zero-order valence-electron chi connectivity index (χ0n) is 10.2. The molecule has 0 unspecified atom stereocenters. The van der Waals surface area contributed by atoms with Crippen LogP contribution in [0.15, 0.2) is 18.2 Å². The van der Waals surface area contributed by atoms with Gasteiger partial charge in [-0.3, -0.25) is 4.79 Å². The minimum atomic E-state index is -0.161. The van der Waals surface area contributed by atoms with E-state index in [1.807, 2.05) is 0 Å². The van der Waals surface area contributed by atoms with Gasteiger partial charge in [0.1, 0.15) is 0 Å². The van der Waals surface area contributed by atoms with E-state index in [4.69, 9.17) is 23.2 Å². The first kappa shape index (κ1) is 13.7. The summed E-state index contributed by atoms with van der Waals surface area (Å²) < 4.78 is 0. The molecule has 1 aliphatic heterocycles. The maximum absolute atomic E-state index is 12.2. The highest BCUT2D eigenvalue weighted by Gasteiger charge is 2.29. The molecule has 3 nitrogen and oxygen atoms in total. The van der Waals surface area contributed by atoms with E-state index in [-0.39, 0.29) is 11.4 Å². The van der Waals surface area contributed by atoms with E-state index in [0.29, 0.717) is 15.6 Å². The number of hydrogen-bond acceptors (Lipinski definition) is 2. The smallest absolute Gasteiger partial charge is 0.253 e. The highest BCUT2D eigenvalue weighted by Crippen LogP contribution is 2.23. The van der Waals surface area contributed by atoms with Crippen LogP contribution in [0.25, 0.3) is 0 Å². The molecule has 0 bridgehead atoms. The predicted octanol–water partition coefficient (Wildman–Crippen LogP) is 2.87. The minimum Gasteiger partial charge on any atom is -0.347 e. The van der Waals surface area contributed by atoms with Crippen molar-refractivity contribution in [2.24, 2.45) is 0 Å². The summed E-state index contributed by atoms with van der Waals surface area (Å²) in [6.45, 7) is 3.91. The predicted molar refractivity (Wildman–Crippen MR) is 74.4 cm³/mol. The fraction of sp³-hybridized carbons (Fsp3) is 0.462. The number of carbonyl (C=O) groups is 1. The fourth-order valence-electron chi connectivity index (χ4n) is 2.12. The maximum atomic E-state index is 12.2. The second-order valence-electron chi connectivity index (χ2n) is 4.89. The SMILES string of the molecule is CC1(NC(=O)c2ccc(Cl)cc2Cl)CCNCC1. The van der Waals surface area contributed by atoms with E-state index in [9.17, 15) is 4.79 Å². The molecule has 0 spiro atoms. The molecule has 0 radical (unpaired) electrons. The number of halogens is 2. The molecule has 1 amide bonds. The quantitative estimate of drug-likeness (QED) is 0.878. The van der Waals surface area contributed by atoms with Gasteiger partial charge in [-0.25, -0.2) is 0 Å². The number of benzene rings is 1. The summed E-state index contributed by atoms with van der Waals surface area (Å²) in [5.41, 5.74) is 0.312. The lowest BCUT2D eigenvalue weighted by Crippen LogP contribution is -2.52. The van der Waals surface area contributed by atoms with Gasteiger partial charge < -0.3 is 10.6 Å². The molecular formula is C13H16Cl2N2O. The van der Waals surface area contributed by atoms with Crippen LogP contribution < -0.4 is 10.6 Å². The van der Waals surface area contributed by atoms with Crippen molar-refractivity contribution in [1.82, 2.24) is 10.6 Å². The average Bonchev–Trinajstić information content (AvgIpc) is 2.28. The Kier molecular flexibility index (Phi) is 4.15. The van der Waals surface area contributed by atoms with Crippen LogP contribution in [0, 0.1) is 0 Å². The number of piperidine rings is 1. The van der Waals surface area contributed by atoms with Crippen LogP contribution in [-0.2, 0) is 0 Å². The molecule has 0 saturated carbocycles. The molecule has 2 N–H and O–H groups in total. The largest absolute Gasteiger partial charge is 0.347 e. The summed E-state index contributed by atoms with van der Waals surface area (Å²) in [4.78, 5) is 12.2. The van der Waals surface area contributed by atoms with E-state index >= 15 is 0 Å². The van der Waals surface area contributed by atoms with Gasteiger partial charge >= 0.3 is 0 Å². The molecule has 5 heteroatoms. The number of hydrogen-bond donors (Lipinski definition) is 2. The van der Waals surface area contributed by atoms with E-state index in [1.54, 1.807) is 18.2 Å². The van der Waals surface area contributed by atoms with E-state index < -0.39 is 0 Å². The van der Waals surface area contributed by atoms with Gasteiger partial charge in [-0.05, 0) is 51.1 Å². The third-order valence-corrected chi connectivity index (χ3v) is 3.85. The van der Waals surface area contributed by atoms with Gasteiger partial charge in [0.25, 0.3) is 5.91 Å². The average molecular weight is 287 g/mol. The molecule has 2 rings (SSSR count). The first-order chi connectivity index (χ1) is 8.50. The highest BCUT2D eigenvalue weighted by molar-refractivity contribution is 6.36. The summed E-state index contributed by atoms with van der Waals surface area (Å²) in [6, 6.07) is 4.92. The second-order valence-corrected chi connectivity index (χ2v) is 5.73. The van der Waals surface area contributed by atoms with Crippen LogP contribution in [0.3, 0.4) is 0 Å². The lowest BCUT2D eigenvalue weighted by Gasteiger charge is -2.35. The van der Waals surface area contributed by atoms with Gasteiger partial charge in [0, 0.05) is 10.6 Å². The Balaban J connectivity index is 2.11. The van der Waals surface area contributed by atoms with Gasteiger partial charge in [-0.15, -0.1) is 0 Å². The molecule has 0 atom stereocenters. The normalized spacial score (nSPS) is 18.4. The number of amides is 1. The third-order valence-electron chi connectivity index (χ3n) is 3.30. The highest BCUT2D eigenvalue weighted by atomic mass is 35.5. The second kappa shape index (κ2) is 5.47. The Morgan fingerprint density at radius 1 is 1.33 bits per heavy atom. The number of rotatable bonds is 2. The molecule has 1 fully saturated rings. The molecular weight excluding hydrogens is 271 g/mol. The van der Waals surface area contributed by atoms with Crippen LogP contribution in [0.5, 0.6) is 0 Å². The first-order valence-electron chi connectivity index (χ1n) is 5.98. The molecule has 18 heavy (non-hydrogen) atoms. The lowest BCUT2D eigenvalue weighted by molar-refractivity contribution is 0.0887. The standard InChI is InChI=1S/C13H16Cl2N2O/c1-13(4-6-16-7-5-13)17-12(18)10-3-2-9(14)8-11(10)15/h2-3,8,16H,4-7H2,1H3,(H,17,18). The topological polar surface area (TPSA) is 41.1 Å². The summed E-state index contributed by atoms with van der Waals surface area (Å²) in [7, 11) is 0. The van der Waals surface area contributed by atoms with Crippen LogP contribution >= 0.6 is 23.2 Å². The number of nitrogens with one attached hydrogen (secondary N) is 2. The molecule has 0 aliphatic carbocycles. The van der Waals surface area contributed by atoms with E-state index in [1.165, 1.54) is 0 Å². The Morgan fingerprint density at radius 3 is 2.61 bits per heavy atom. The molecule has 98 valence electrons. The zero-order valence-corrected chi connectivity index (χ0v) is 11.7. The van der Waals surface area contributed by atoms with Crippen molar-refractivity contribution in [2.75, 3.05) is 13.1 Å². The Bertz CT molecular complexity index is 456. The summed E-state index contributed by atoms with van der Waals surface area (Å²) >= 11 is 11.8. The van der Waals surface area contributed by atoms with Crippen LogP contribution in [-0.4, -0.2) is 24.5 Å². The maximum Gasteiger partial charge on any atom is 0.253 e. The summed E-state index contributed by atoms with van der Waals surface area (Å²) in [6.07, 6.45) is 1.84. The van der Waals surface area contributed by atoms with Crippen molar-refractivity contribution < 1.29 is 4.79 Å². The van der Waals surface area contributed by atoms with Crippen molar-refractivity contribution >= 4 is 29.1 Å². The van der Waals surface area contributed by atoms with Crippen LogP contribution in [0.2, 0.25) is 10.0 Å². The van der Waals surface area contributed by atoms with Crippen molar-refractivity contribution in [2.45, 2.75) is 25.3 Å². The van der Waals surface area contributed by atoms with Crippen molar-refractivity contribution in [3.05, 3.63) is 33.8 Å². The lowest BCUT2D eigenvalue weighted by atomic mass is 9.90. The van der Waals surface area contributed by atoms with Crippen LogP contribution in [0.4, 0.5) is 0 Å². The zero-order chi connectivity index (χ0) is 13.2. The molecule has 1 aromatic carbocycles. The summed E-state index contributed by atoms with van der Waals surface area (Å²) in [5, 5.41) is 7.26. The Morgan fingerprint density at radius 2 is 2.00 bits per heavy atom. The number of carbonyl (C=O) groups excluding carboxylic acids is 1. The van der Waals surface area contributed by atoms with Gasteiger partial charge in [0.2, 0.25) is 0 Å². The molecule has 1 saturated heterocycles. The summed E-state index contributed by atoms with van der Waals surface area (Å²) in [5.74, 6) is -0.138. The van der Waals surface area contributed by atoms with Gasteiger partial charge in [-0.2, -0.15) is 0 Å². The van der Waals surface area contributed by atoms with Gasteiger partial charge in [0.15, 0.2) is 0 Å². The van der Waals surface area contributed by atoms with Crippen LogP contribution in [0.1, 0.15) is 30.1 Å². The third kappa shape index (κ3) is 3.16. The van der Waals surface area contributed by atoms with Crippen molar-refractivity contribution in [3.63, 3.8) is 0 Å². The monoisotopic (exact) mass is 286 g/mol. The molecule has 1 aliphatic rings. The Labute approximate surface area is 117 Å². The molecule has 1 aromatic rings. The van der Waals surface area contributed by atoms with E-state index in [2.05, 4.69) is 17.6 Å². The molecule has 0 aromatic heterocycles. The van der Waals surface area contributed by atoms with Crippen molar-refractivity contribution in [3.8, 4) is 0 Å². The van der Waals surface area contributed by atoms with Gasteiger partial charge in [0.05, 0.1) is 10.6 Å². The Hall–Kier alpha value is -0.770. The minimum absolute atomic E-state index is 0.138.